The van der Waals surface area contributed by atoms with Crippen LogP contribution in [-0.4, -0.2) is 28.0 Å². The fourth-order valence-corrected chi connectivity index (χ4v) is 0. The van der Waals surface area contributed by atoms with Gasteiger partial charge in [-0.15, -0.1) is 0 Å². The lowest BCUT2D eigenvalue weighted by Gasteiger charge is -1.69. The first-order valence-corrected chi connectivity index (χ1v) is 2.04. The molecule has 0 fully saturated rings. The summed E-state index contributed by atoms with van der Waals surface area (Å²) in [5.74, 6) is 0. The third-order valence-corrected chi connectivity index (χ3v) is 0.387. The molecule has 0 bridgehead atoms. The smallest absolute Gasteiger partial charge is 0.121 e. The highest BCUT2D eigenvalue weighted by Crippen LogP contribution is 1.56. The lowest BCUT2D eigenvalue weighted by Crippen LogP contribution is -1.73. The van der Waals surface area contributed by atoms with Gasteiger partial charge in [-0.3, -0.25) is 0 Å². The van der Waals surface area contributed by atoms with E-state index in [9.17, 15) is 0 Å². The minimum absolute atomic E-state index is 0.282. The van der Waals surface area contributed by atoms with Crippen LogP contribution in [0.5, 0.6) is 0 Å². The summed E-state index contributed by atoms with van der Waals surface area (Å²) >= 11 is 2.41. The van der Waals surface area contributed by atoms with Crippen LogP contribution in [0.25, 0.3) is 0 Å². The van der Waals surface area contributed by atoms with Crippen LogP contribution in [0.1, 0.15) is 0 Å². The molecule has 2 radical (unpaired) electrons. The van der Waals surface area contributed by atoms with Gasteiger partial charge in [-0.2, -0.15) is 0 Å². The van der Waals surface area contributed by atoms with Gasteiger partial charge in [-0.05, 0) is 0 Å². The van der Waals surface area contributed by atoms with Crippen molar-refractivity contribution in [2.75, 3.05) is 6.61 Å². The van der Waals surface area contributed by atoms with Crippen molar-refractivity contribution >= 4 is 16.3 Å². The Morgan fingerprint density at radius 3 is 2.00 bits per heavy atom. The van der Waals surface area contributed by atoms with Gasteiger partial charge in [-0.25, -0.2) is 0 Å². The van der Waals surface area contributed by atoms with E-state index in [1.54, 1.807) is 0 Å². The molecule has 0 rings (SSSR count). The van der Waals surface area contributed by atoms with E-state index in [-0.39, 0.29) is 6.61 Å². The first-order chi connectivity index (χ1) is 1.91. The van der Waals surface area contributed by atoms with Gasteiger partial charge in [0.15, 0.2) is 0 Å². The molecule has 4 heavy (non-hydrogen) atoms. The van der Waals surface area contributed by atoms with Crippen LogP contribution >= 0.6 is 0 Å². The lowest BCUT2D eigenvalue weighted by molar-refractivity contribution is 0.319. The molecule has 0 saturated carbocycles. The Bertz CT molecular complexity index is 8.00. The molecule has 0 atom stereocenters. The van der Waals surface area contributed by atoms with Crippen LogP contribution in [-0.2, 0) is 0 Å². The molecule has 0 aliphatic carbocycles. The zero-order valence-electron chi connectivity index (χ0n) is 2.44. The van der Waals surface area contributed by atoms with Gasteiger partial charge in [-0.1, -0.05) is 5.28 Å². The van der Waals surface area contributed by atoms with E-state index in [1.807, 2.05) is 0 Å². The predicted octanol–water partition coefficient (Wildman–Crippen LogP) is -0.435. The van der Waals surface area contributed by atoms with Crippen molar-refractivity contribution in [2.24, 2.45) is 0 Å². The van der Waals surface area contributed by atoms with Gasteiger partial charge >= 0.3 is 0 Å². The second kappa shape index (κ2) is 3.49. The summed E-state index contributed by atoms with van der Waals surface area (Å²) in [5.41, 5.74) is 0. The average molecular weight is 72.0 g/mol. The minimum Gasteiger partial charge on any atom is -0.398 e. The lowest BCUT2D eigenvalue weighted by atomic mass is 10.9. The van der Waals surface area contributed by atoms with E-state index >= 15 is 0 Å². The van der Waals surface area contributed by atoms with Gasteiger partial charge < -0.3 is 5.11 Å². The Kier molecular flexibility index (Phi) is 3.92. The van der Waals surface area contributed by atoms with Crippen LogP contribution in [0, 0.1) is 0 Å². The second-order valence-corrected chi connectivity index (χ2v) is 1.09. The van der Waals surface area contributed by atoms with Crippen LogP contribution in [0.4, 0.5) is 0 Å². The molecule has 0 unspecified atom stereocenters. The Morgan fingerprint density at radius 1 is 1.75 bits per heavy atom. The first-order valence-electron chi connectivity index (χ1n) is 1.22. The fourth-order valence-electron chi connectivity index (χ4n) is 0. The molecule has 0 heterocycles. The summed E-state index contributed by atoms with van der Waals surface area (Å²) in [4.78, 5) is 0. The predicted molar refractivity (Wildman–Crippen MR) is 17.6 cm³/mol. The molecule has 0 aromatic carbocycles. The van der Waals surface area contributed by atoms with E-state index in [1.165, 1.54) is 0 Å². The quantitative estimate of drug-likeness (QED) is 0.416. The molecule has 2 heteroatoms. The number of hydrogen-bond donors (Lipinski definition) is 1. The molecule has 0 amide bonds. The molecule has 1 nitrogen and oxygen atoms in total. The summed E-state index contributed by atoms with van der Waals surface area (Å²) in [6.07, 6.45) is 0. The van der Waals surface area contributed by atoms with E-state index in [2.05, 4.69) is 16.3 Å². The molecule has 22 valence electrons. The number of rotatable bonds is 1. The summed E-state index contributed by atoms with van der Waals surface area (Å²) in [5, 5.41) is 8.65. The van der Waals surface area contributed by atoms with Crippen molar-refractivity contribution in [3.63, 3.8) is 0 Å². The van der Waals surface area contributed by atoms with E-state index in [0.29, 0.717) is 0 Å². The maximum Gasteiger partial charge on any atom is 0.121 e. The van der Waals surface area contributed by atoms with Crippen molar-refractivity contribution in [2.45, 2.75) is 5.28 Å². The molecule has 0 saturated heterocycles. The number of hydrogen-bond acceptors (Lipinski definition) is 1. The summed E-state index contributed by atoms with van der Waals surface area (Å²) < 4.78 is 0. The molecular weight excluding hydrogens is 67.0 g/mol. The van der Waals surface area contributed by atoms with Crippen LogP contribution in [0.2, 0.25) is 5.28 Å². The van der Waals surface area contributed by atoms with Crippen molar-refractivity contribution in [3.05, 3.63) is 0 Å². The molecule has 0 spiro atoms. The molecule has 0 aromatic rings. The third-order valence-electron chi connectivity index (χ3n) is 0.129. The van der Waals surface area contributed by atoms with Gasteiger partial charge in [0.1, 0.15) is 16.3 Å². The molecule has 0 aromatic heterocycles. The van der Waals surface area contributed by atoms with Crippen LogP contribution in [0.3, 0.4) is 0 Å². The summed E-state index contributed by atoms with van der Waals surface area (Å²) in [6, 6.07) is 0. The van der Waals surface area contributed by atoms with Gasteiger partial charge in [0.2, 0.25) is 0 Å². The topological polar surface area (TPSA) is 20.2 Å². The largest absolute Gasteiger partial charge is 0.398 e. The first kappa shape index (κ1) is 4.49. The van der Waals surface area contributed by atoms with Crippen LogP contribution < -0.4 is 0 Å². The van der Waals surface area contributed by atoms with Crippen molar-refractivity contribution < 1.29 is 5.11 Å². The van der Waals surface area contributed by atoms with Crippen LogP contribution in [0.15, 0.2) is 0 Å². The molecule has 0 aliphatic heterocycles. The highest BCUT2D eigenvalue weighted by Gasteiger charge is 1.57. The second-order valence-electron chi connectivity index (χ2n) is 0.512. The van der Waals surface area contributed by atoms with Gasteiger partial charge in [0.25, 0.3) is 0 Å². The normalized spacial score (nSPS) is 7.25. The maximum atomic E-state index is 7.85. The zero-order valence-corrected chi connectivity index (χ0v) is 3.59. The van der Waals surface area contributed by atoms with E-state index in [4.69, 9.17) is 5.11 Å². The molecule has 1 N–H and O–H groups in total. The van der Waals surface area contributed by atoms with Gasteiger partial charge in [0, 0.05) is 6.61 Å². The highest BCUT2D eigenvalue weighted by atomic mass is 27.0. The average Bonchev–Trinajstić information content (AvgIpc) is 1.37. The highest BCUT2D eigenvalue weighted by molar-refractivity contribution is 6.08. The fraction of sp³-hybridized carbons (Fsp3) is 1.00. The van der Waals surface area contributed by atoms with Gasteiger partial charge in [0.05, 0.1) is 0 Å². The third kappa shape index (κ3) is 2.49. The van der Waals surface area contributed by atoms with E-state index in [0.717, 1.165) is 5.28 Å². The monoisotopic (exact) mass is 72.0 g/mol. The van der Waals surface area contributed by atoms with Crippen molar-refractivity contribution in [1.29, 1.82) is 0 Å². The Hall–Kier alpha value is 0.492. The Labute approximate surface area is 34.1 Å². The van der Waals surface area contributed by atoms with Crippen molar-refractivity contribution in [3.8, 4) is 0 Å². The Morgan fingerprint density at radius 2 is 2.00 bits per heavy atom. The number of aliphatic hydroxyl groups excluding tert-OH is 1. The summed E-state index contributed by atoms with van der Waals surface area (Å²) in [7, 11) is 0. The minimum atomic E-state index is 0.282. The Balaban J connectivity index is 1.97. The zero-order chi connectivity index (χ0) is 3.41. The molecule has 0 aliphatic rings. The summed E-state index contributed by atoms with van der Waals surface area (Å²) in [6.45, 7) is 0.282. The molecular formula is C2H5AlO. The maximum absolute atomic E-state index is 7.85. The SMILES string of the molecule is OC[CH2][Al]. The number of aliphatic hydroxyl groups is 1. The standard InChI is InChI=1S/C2H5O.Al/c1-2-3;/h3H,1-2H2;. The van der Waals surface area contributed by atoms with Crippen molar-refractivity contribution in [1.82, 2.24) is 0 Å². The van der Waals surface area contributed by atoms with E-state index < -0.39 is 0 Å².